The average molecular weight is 376 g/mol. The number of amides is 1. The van der Waals surface area contributed by atoms with Crippen LogP contribution in [0.5, 0.6) is 5.75 Å². The van der Waals surface area contributed by atoms with Crippen molar-refractivity contribution in [1.82, 2.24) is 4.90 Å². The van der Waals surface area contributed by atoms with Gasteiger partial charge in [0.1, 0.15) is 5.75 Å². The van der Waals surface area contributed by atoms with Crippen LogP contribution in [0.1, 0.15) is 19.8 Å². The number of halogens is 1. The standard InChI is InChI=1S/C15H21N3O6.ClH/c1-3-7-17(10-15(20)21)8-6-14(19)16-12-5-4-11(18(22)23)9-13(12)24-2;/h4-5,9H,3,6-8,10H2,1-2H3,(H,16,19)(H,20,21);1H. The van der Waals surface area contributed by atoms with Gasteiger partial charge >= 0.3 is 5.97 Å². The number of carbonyl (C=O) groups excluding carboxylic acids is 1. The molecule has 1 aromatic rings. The number of anilines is 1. The Morgan fingerprint density at radius 3 is 2.56 bits per heavy atom. The number of non-ortho nitro benzene ring substituents is 1. The predicted molar refractivity (Wildman–Crippen MR) is 94.5 cm³/mol. The molecule has 0 saturated heterocycles. The van der Waals surface area contributed by atoms with Crippen molar-refractivity contribution in [2.24, 2.45) is 0 Å². The Bertz CT molecular complexity index is 611. The molecule has 140 valence electrons. The zero-order valence-electron chi connectivity index (χ0n) is 14.1. The van der Waals surface area contributed by atoms with Crippen molar-refractivity contribution in [1.29, 1.82) is 0 Å². The number of nitro groups is 1. The maximum absolute atomic E-state index is 12.0. The zero-order chi connectivity index (χ0) is 18.1. The van der Waals surface area contributed by atoms with Gasteiger partial charge in [-0.05, 0) is 19.0 Å². The summed E-state index contributed by atoms with van der Waals surface area (Å²) >= 11 is 0. The quantitative estimate of drug-likeness (QED) is 0.474. The molecule has 10 heteroatoms. The van der Waals surface area contributed by atoms with Crippen LogP contribution in [-0.2, 0) is 9.59 Å². The van der Waals surface area contributed by atoms with E-state index in [2.05, 4.69) is 5.32 Å². The topological polar surface area (TPSA) is 122 Å². The lowest BCUT2D eigenvalue weighted by molar-refractivity contribution is -0.384. The van der Waals surface area contributed by atoms with Gasteiger partial charge in [-0.3, -0.25) is 24.6 Å². The minimum Gasteiger partial charge on any atom is -0.494 e. The van der Waals surface area contributed by atoms with Crippen LogP contribution < -0.4 is 10.1 Å². The van der Waals surface area contributed by atoms with Crippen molar-refractivity contribution in [2.75, 3.05) is 32.1 Å². The van der Waals surface area contributed by atoms with E-state index >= 15 is 0 Å². The molecule has 0 fully saturated rings. The van der Waals surface area contributed by atoms with Gasteiger partial charge in [0, 0.05) is 19.0 Å². The first-order valence-corrected chi connectivity index (χ1v) is 7.43. The van der Waals surface area contributed by atoms with Crippen LogP contribution in [0.15, 0.2) is 18.2 Å². The van der Waals surface area contributed by atoms with Gasteiger partial charge in [-0.1, -0.05) is 6.92 Å². The monoisotopic (exact) mass is 375 g/mol. The highest BCUT2D eigenvalue weighted by Gasteiger charge is 2.15. The van der Waals surface area contributed by atoms with Crippen LogP contribution in [0, 0.1) is 10.1 Å². The number of nitro benzene ring substituents is 1. The highest BCUT2D eigenvalue weighted by atomic mass is 35.5. The Morgan fingerprint density at radius 2 is 2.04 bits per heavy atom. The molecule has 0 spiro atoms. The van der Waals surface area contributed by atoms with Gasteiger partial charge in [0.2, 0.25) is 5.91 Å². The third kappa shape index (κ3) is 7.81. The average Bonchev–Trinajstić information content (AvgIpc) is 2.52. The second kappa shape index (κ2) is 11.2. The summed E-state index contributed by atoms with van der Waals surface area (Å²) in [6, 6.07) is 3.89. The molecule has 25 heavy (non-hydrogen) atoms. The fourth-order valence-electron chi connectivity index (χ4n) is 2.15. The number of ether oxygens (including phenoxy) is 1. The number of nitrogens with zero attached hydrogens (tertiary/aromatic N) is 2. The van der Waals surface area contributed by atoms with E-state index < -0.39 is 10.9 Å². The van der Waals surface area contributed by atoms with E-state index in [1.165, 1.54) is 25.3 Å². The van der Waals surface area contributed by atoms with Crippen LogP contribution in [-0.4, -0.2) is 53.6 Å². The minimum atomic E-state index is -0.944. The normalized spacial score (nSPS) is 10.0. The number of aliphatic carboxylic acids is 1. The summed E-state index contributed by atoms with van der Waals surface area (Å²) in [6.07, 6.45) is 0.887. The summed E-state index contributed by atoms with van der Waals surface area (Å²) in [6.45, 7) is 2.69. The molecule has 0 unspecified atom stereocenters. The number of nitrogens with one attached hydrogen (secondary N) is 1. The number of methoxy groups -OCH3 is 1. The van der Waals surface area contributed by atoms with Gasteiger partial charge in [0.05, 0.1) is 30.3 Å². The summed E-state index contributed by atoms with van der Waals surface area (Å²) in [5, 5.41) is 22.2. The number of hydrogen-bond donors (Lipinski definition) is 2. The molecular formula is C15H22ClN3O6. The van der Waals surface area contributed by atoms with Crippen molar-refractivity contribution >= 4 is 35.7 Å². The van der Waals surface area contributed by atoms with Crippen LogP contribution in [0.25, 0.3) is 0 Å². The predicted octanol–water partition coefficient (Wildman–Crippen LogP) is 2.15. The summed E-state index contributed by atoms with van der Waals surface area (Å²) in [7, 11) is 1.35. The number of carboxylic acid groups (broad SMARTS) is 1. The highest BCUT2D eigenvalue weighted by molar-refractivity contribution is 5.92. The Hall–Kier alpha value is -2.39. The van der Waals surface area contributed by atoms with E-state index in [1.807, 2.05) is 6.92 Å². The number of carbonyl (C=O) groups is 2. The lowest BCUT2D eigenvalue weighted by Crippen LogP contribution is -2.33. The largest absolute Gasteiger partial charge is 0.494 e. The molecule has 9 nitrogen and oxygen atoms in total. The van der Waals surface area contributed by atoms with Crippen molar-refractivity contribution in [3.63, 3.8) is 0 Å². The smallest absolute Gasteiger partial charge is 0.317 e. The Morgan fingerprint density at radius 1 is 1.36 bits per heavy atom. The molecule has 0 heterocycles. The van der Waals surface area contributed by atoms with E-state index in [-0.39, 0.29) is 42.7 Å². The van der Waals surface area contributed by atoms with Gasteiger partial charge in [-0.2, -0.15) is 0 Å². The van der Waals surface area contributed by atoms with Gasteiger partial charge < -0.3 is 15.2 Å². The zero-order valence-corrected chi connectivity index (χ0v) is 14.9. The number of rotatable bonds is 10. The number of benzene rings is 1. The summed E-state index contributed by atoms with van der Waals surface area (Å²) in [5.41, 5.74) is 0.189. The van der Waals surface area contributed by atoms with Crippen molar-refractivity contribution < 1.29 is 24.4 Å². The van der Waals surface area contributed by atoms with Gasteiger partial charge in [0.15, 0.2) is 0 Å². The molecule has 0 aromatic heterocycles. The third-order valence-electron chi connectivity index (χ3n) is 3.22. The fourth-order valence-corrected chi connectivity index (χ4v) is 2.15. The second-order valence-corrected chi connectivity index (χ2v) is 5.11. The van der Waals surface area contributed by atoms with E-state index in [1.54, 1.807) is 4.90 Å². The Kier molecular flexibility index (Phi) is 10.1. The molecule has 0 aliphatic carbocycles. The minimum absolute atomic E-state index is 0. The van der Waals surface area contributed by atoms with E-state index in [0.29, 0.717) is 18.8 Å². The van der Waals surface area contributed by atoms with Gasteiger partial charge in [-0.15, -0.1) is 12.4 Å². The van der Waals surface area contributed by atoms with E-state index in [4.69, 9.17) is 9.84 Å². The van der Waals surface area contributed by atoms with Crippen molar-refractivity contribution in [3.8, 4) is 5.75 Å². The van der Waals surface area contributed by atoms with E-state index in [9.17, 15) is 19.7 Å². The molecule has 0 aliphatic rings. The fraction of sp³-hybridized carbons (Fsp3) is 0.467. The molecule has 0 atom stereocenters. The molecular weight excluding hydrogens is 354 g/mol. The summed E-state index contributed by atoms with van der Waals surface area (Å²) < 4.78 is 5.05. The second-order valence-electron chi connectivity index (χ2n) is 5.11. The van der Waals surface area contributed by atoms with Crippen molar-refractivity contribution in [2.45, 2.75) is 19.8 Å². The SMILES string of the molecule is CCCN(CCC(=O)Nc1ccc([N+](=O)[O-])cc1OC)CC(=O)O.Cl. The molecule has 1 aromatic carbocycles. The highest BCUT2D eigenvalue weighted by Crippen LogP contribution is 2.29. The number of carboxylic acids is 1. The van der Waals surface area contributed by atoms with Crippen LogP contribution >= 0.6 is 12.4 Å². The maximum atomic E-state index is 12.0. The van der Waals surface area contributed by atoms with Crippen molar-refractivity contribution in [3.05, 3.63) is 28.3 Å². The maximum Gasteiger partial charge on any atom is 0.317 e. The van der Waals surface area contributed by atoms with E-state index in [0.717, 1.165) is 6.42 Å². The van der Waals surface area contributed by atoms with Gasteiger partial charge in [0.25, 0.3) is 5.69 Å². The van der Waals surface area contributed by atoms with Crippen LogP contribution in [0.3, 0.4) is 0 Å². The molecule has 1 amide bonds. The summed E-state index contributed by atoms with van der Waals surface area (Å²) in [4.78, 5) is 34.7. The first kappa shape index (κ1) is 22.6. The molecule has 0 radical (unpaired) electrons. The first-order valence-electron chi connectivity index (χ1n) is 7.43. The molecule has 0 saturated carbocycles. The molecule has 1 rings (SSSR count). The van der Waals surface area contributed by atoms with Crippen LogP contribution in [0.2, 0.25) is 0 Å². The first-order chi connectivity index (χ1) is 11.4. The molecule has 0 aliphatic heterocycles. The Balaban J connectivity index is 0.00000576. The molecule has 2 N–H and O–H groups in total. The molecule has 0 bridgehead atoms. The summed E-state index contributed by atoms with van der Waals surface area (Å²) in [5.74, 6) is -1.08. The number of hydrogen-bond acceptors (Lipinski definition) is 6. The van der Waals surface area contributed by atoms with Crippen LogP contribution in [0.4, 0.5) is 11.4 Å². The lowest BCUT2D eigenvalue weighted by atomic mass is 10.2. The third-order valence-corrected chi connectivity index (χ3v) is 3.22. The van der Waals surface area contributed by atoms with Gasteiger partial charge in [-0.25, -0.2) is 0 Å². The lowest BCUT2D eigenvalue weighted by Gasteiger charge is -2.19. The Labute approximate surface area is 151 Å².